The van der Waals surface area contributed by atoms with E-state index in [9.17, 15) is 4.39 Å². The first-order valence-electron chi connectivity index (χ1n) is 6.23. The zero-order valence-corrected chi connectivity index (χ0v) is 11.5. The van der Waals surface area contributed by atoms with Gasteiger partial charge < -0.3 is 0 Å². The molecule has 0 amide bonds. The molecule has 0 heterocycles. The fraction of sp³-hybridized carbons (Fsp3) is 0.250. The molecular weight excluding hydrogens is 243 g/mol. The molecule has 94 valence electrons. The number of benzene rings is 2. The fourth-order valence-corrected chi connectivity index (χ4v) is 2.68. The first-order chi connectivity index (χ1) is 8.70. The molecule has 1 unspecified atom stereocenters. The summed E-state index contributed by atoms with van der Waals surface area (Å²) < 4.78 is 14.0. The number of hydrogen-bond acceptors (Lipinski definition) is 1. The van der Waals surface area contributed by atoms with E-state index in [1.807, 2.05) is 42.5 Å². The maximum atomic E-state index is 14.0. The summed E-state index contributed by atoms with van der Waals surface area (Å²) in [5.41, 5.74) is 0.815. The molecule has 0 fully saturated rings. The van der Waals surface area contributed by atoms with Gasteiger partial charge in [-0.1, -0.05) is 49.9 Å². The van der Waals surface area contributed by atoms with Crippen LogP contribution < -0.4 is 0 Å². The molecule has 2 aromatic rings. The van der Waals surface area contributed by atoms with Crippen LogP contribution in [0.4, 0.5) is 4.39 Å². The molecule has 2 aromatic carbocycles. The molecule has 0 spiro atoms. The van der Waals surface area contributed by atoms with Crippen LogP contribution in [-0.2, 0) is 0 Å². The van der Waals surface area contributed by atoms with Gasteiger partial charge in [0.1, 0.15) is 5.82 Å². The van der Waals surface area contributed by atoms with Crippen molar-refractivity contribution < 1.29 is 4.39 Å². The highest BCUT2D eigenvalue weighted by atomic mass is 32.2. The highest BCUT2D eigenvalue weighted by Crippen LogP contribution is 2.30. The fourth-order valence-electron chi connectivity index (χ4n) is 1.82. The summed E-state index contributed by atoms with van der Waals surface area (Å²) in [6, 6.07) is 15.6. The van der Waals surface area contributed by atoms with Crippen molar-refractivity contribution in [3.63, 3.8) is 0 Å². The Morgan fingerprint density at radius 3 is 2.39 bits per heavy atom. The van der Waals surface area contributed by atoms with Crippen LogP contribution in [-0.4, -0.2) is 0 Å². The lowest BCUT2D eigenvalue weighted by Crippen LogP contribution is -1.95. The first kappa shape index (κ1) is 13.2. The molecule has 0 bridgehead atoms. The molecule has 2 heteroatoms. The van der Waals surface area contributed by atoms with Crippen molar-refractivity contribution in [2.75, 3.05) is 0 Å². The maximum absolute atomic E-state index is 14.0. The van der Waals surface area contributed by atoms with Gasteiger partial charge >= 0.3 is 0 Å². The Bertz CT molecular complexity index is 508. The van der Waals surface area contributed by atoms with Crippen molar-refractivity contribution in [3.05, 3.63) is 59.9 Å². The molecule has 0 saturated carbocycles. The quantitative estimate of drug-likeness (QED) is 0.700. The highest BCUT2D eigenvalue weighted by molar-refractivity contribution is 7.99. The van der Waals surface area contributed by atoms with Crippen LogP contribution in [0.5, 0.6) is 0 Å². The Morgan fingerprint density at radius 1 is 1.06 bits per heavy atom. The second-order valence-corrected chi connectivity index (χ2v) is 5.55. The molecular formula is C16H17FS. The second kappa shape index (κ2) is 6.05. The molecule has 0 saturated heterocycles. The zero-order valence-electron chi connectivity index (χ0n) is 10.7. The van der Waals surface area contributed by atoms with Crippen molar-refractivity contribution in [1.82, 2.24) is 0 Å². The molecule has 0 radical (unpaired) electrons. The van der Waals surface area contributed by atoms with Crippen molar-refractivity contribution in [2.45, 2.75) is 36.0 Å². The summed E-state index contributed by atoms with van der Waals surface area (Å²) in [6.45, 7) is 4.14. The van der Waals surface area contributed by atoms with E-state index < -0.39 is 0 Å². The van der Waals surface area contributed by atoms with Gasteiger partial charge in [-0.3, -0.25) is 0 Å². The molecule has 2 rings (SSSR count). The minimum atomic E-state index is -0.0923. The molecule has 0 aliphatic rings. The van der Waals surface area contributed by atoms with E-state index in [0.717, 1.165) is 21.8 Å². The Kier molecular flexibility index (Phi) is 4.43. The number of rotatable bonds is 4. The van der Waals surface area contributed by atoms with Gasteiger partial charge in [-0.2, -0.15) is 0 Å². The summed E-state index contributed by atoms with van der Waals surface area (Å²) in [4.78, 5) is 2.08. The smallest absolute Gasteiger partial charge is 0.127 e. The van der Waals surface area contributed by atoms with Crippen LogP contribution in [0.15, 0.2) is 58.3 Å². The molecule has 0 aromatic heterocycles. The Balaban J connectivity index is 2.19. The normalized spacial score (nSPS) is 12.4. The standard InChI is InChI=1S/C16H17FS/c1-3-12(2)15-10-9-14(11-16(15)17)18-13-7-5-4-6-8-13/h4-12H,3H2,1-2H3. The lowest BCUT2D eigenvalue weighted by molar-refractivity contribution is 0.580. The summed E-state index contributed by atoms with van der Waals surface area (Å²) >= 11 is 1.59. The lowest BCUT2D eigenvalue weighted by Gasteiger charge is -2.11. The third-order valence-corrected chi connectivity index (χ3v) is 4.09. The summed E-state index contributed by atoms with van der Waals surface area (Å²) in [7, 11) is 0. The molecule has 0 N–H and O–H groups in total. The van der Waals surface area contributed by atoms with E-state index in [1.54, 1.807) is 17.8 Å². The van der Waals surface area contributed by atoms with Crippen LogP contribution in [0.2, 0.25) is 0 Å². The van der Waals surface area contributed by atoms with E-state index >= 15 is 0 Å². The SMILES string of the molecule is CCC(C)c1ccc(Sc2ccccc2)cc1F. The largest absolute Gasteiger partial charge is 0.207 e. The van der Waals surface area contributed by atoms with E-state index in [0.29, 0.717) is 0 Å². The first-order valence-corrected chi connectivity index (χ1v) is 7.04. The average Bonchev–Trinajstić information content (AvgIpc) is 2.39. The monoisotopic (exact) mass is 260 g/mol. The van der Waals surface area contributed by atoms with Gasteiger partial charge in [-0.25, -0.2) is 4.39 Å². The predicted octanol–water partition coefficient (Wildman–Crippen LogP) is 5.49. The van der Waals surface area contributed by atoms with Crippen LogP contribution in [0.3, 0.4) is 0 Å². The van der Waals surface area contributed by atoms with Crippen molar-refractivity contribution in [2.24, 2.45) is 0 Å². The average molecular weight is 260 g/mol. The maximum Gasteiger partial charge on any atom is 0.127 e. The van der Waals surface area contributed by atoms with Crippen LogP contribution in [0.1, 0.15) is 31.7 Å². The topological polar surface area (TPSA) is 0 Å². The molecule has 0 aliphatic heterocycles. The molecule has 0 aliphatic carbocycles. The lowest BCUT2D eigenvalue weighted by atomic mass is 9.98. The number of halogens is 1. The Morgan fingerprint density at radius 2 is 1.78 bits per heavy atom. The third kappa shape index (κ3) is 3.14. The van der Waals surface area contributed by atoms with Crippen LogP contribution >= 0.6 is 11.8 Å². The van der Waals surface area contributed by atoms with Crippen LogP contribution in [0.25, 0.3) is 0 Å². The Hall–Kier alpha value is -1.28. The van der Waals surface area contributed by atoms with Gasteiger partial charge in [0.05, 0.1) is 0 Å². The van der Waals surface area contributed by atoms with Crippen molar-refractivity contribution in [3.8, 4) is 0 Å². The summed E-state index contributed by atoms with van der Waals surface area (Å²) in [5.74, 6) is 0.186. The second-order valence-electron chi connectivity index (χ2n) is 4.41. The van der Waals surface area contributed by atoms with Gasteiger partial charge in [-0.15, -0.1) is 0 Å². The van der Waals surface area contributed by atoms with E-state index in [1.165, 1.54) is 0 Å². The van der Waals surface area contributed by atoms with E-state index in [2.05, 4.69) is 13.8 Å². The van der Waals surface area contributed by atoms with Crippen LogP contribution in [0, 0.1) is 5.82 Å². The zero-order chi connectivity index (χ0) is 13.0. The van der Waals surface area contributed by atoms with Gasteiger partial charge in [-0.05, 0) is 42.2 Å². The van der Waals surface area contributed by atoms with E-state index in [-0.39, 0.29) is 11.7 Å². The van der Waals surface area contributed by atoms with Gasteiger partial charge in [0.15, 0.2) is 0 Å². The van der Waals surface area contributed by atoms with E-state index in [4.69, 9.17) is 0 Å². The van der Waals surface area contributed by atoms with Crippen molar-refractivity contribution in [1.29, 1.82) is 0 Å². The minimum Gasteiger partial charge on any atom is -0.207 e. The summed E-state index contributed by atoms with van der Waals surface area (Å²) in [6.07, 6.45) is 0.960. The Labute approximate surface area is 112 Å². The molecule has 0 nitrogen and oxygen atoms in total. The van der Waals surface area contributed by atoms with Gasteiger partial charge in [0.25, 0.3) is 0 Å². The molecule has 1 atom stereocenters. The minimum absolute atomic E-state index is 0.0923. The third-order valence-electron chi connectivity index (χ3n) is 3.09. The number of hydrogen-bond donors (Lipinski definition) is 0. The van der Waals surface area contributed by atoms with Gasteiger partial charge in [0, 0.05) is 9.79 Å². The summed E-state index contributed by atoms with van der Waals surface area (Å²) in [5, 5.41) is 0. The predicted molar refractivity (Wildman–Crippen MR) is 75.7 cm³/mol. The van der Waals surface area contributed by atoms with Crippen molar-refractivity contribution >= 4 is 11.8 Å². The molecule has 18 heavy (non-hydrogen) atoms. The van der Waals surface area contributed by atoms with Gasteiger partial charge in [0.2, 0.25) is 0 Å². The highest BCUT2D eigenvalue weighted by Gasteiger charge is 2.10.